The number of ether oxygens (including phenoxy) is 1. The Kier molecular flexibility index (Phi) is 8.10. The van der Waals surface area contributed by atoms with Gasteiger partial charge in [-0.1, -0.05) is 18.2 Å². The van der Waals surface area contributed by atoms with E-state index >= 15 is 0 Å². The second-order valence-electron chi connectivity index (χ2n) is 7.08. The Hall–Kier alpha value is -2.58. The van der Waals surface area contributed by atoms with Crippen molar-refractivity contribution in [3.05, 3.63) is 71.0 Å². The molecule has 8 heteroatoms. The lowest BCUT2D eigenvalue weighted by molar-refractivity contribution is 0.0170. The Balaban J connectivity index is 1.57. The first kappa shape index (κ1) is 22.1. The topological polar surface area (TPSA) is 48.9 Å². The van der Waals surface area contributed by atoms with E-state index in [0.29, 0.717) is 44.2 Å². The number of halogens is 3. The van der Waals surface area contributed by atoms with Crippen LogP contribution < -0.4 is 10.6 Å². The summed E-state index contributed by atoms with van der Waals surface area (Å²) in [6.45, 7) is 3.91. The van der Waals surface area contributed by atoms with Gasteiger partial charge in [-0.2, -0.15) is 0 Å². The number of benzene rings is 2. The van der Waals surface area contributed by atoms with Gasteiger partial charge in [-0.05, 0) is 35.7 Å². The molecule has 2 aromatic carbocycles. The van der Waals surface area contributed by atoms with Crippen LogP contribution in [0.4, 0.5) is 13.2 Å². The Morgan fingerprint density at radius 3 is 2.40 bits per heavy atom. The number of nitrogens with one attached hydrogen (secondary N) is 2. The van der Waals surface area contributed by atoms with Gasteiger partial charge in [-0.3, -0.25) is 9.89 Å². The van der Waals surface area contributed by atoms with E-state index in [-0.39, 0.29) is 11.9 Å². The summed E-state index contributed by atoms with van der Waals surface area (Å²) in [6, 6.07) is 10.1. The van der Waals surface area contributed by atoms with Crippen molar-refractivity contribution in [3.63, 3.8) is 0 Å². The van der Waals surface area contributed by atoms with Gasteiger partial charge >= 0.3 is 0 Å². The molecule has 1 aliphatic heterocycles. The molecule has 1 atom stereocenters. The number of hydrogen-bond acceptors (Lipinski definition) is 3. The van der Waals surface area contributed by atoms with E-state index in [9.17, 15) is 13.2 Å². The van der Waals surface area contributed by atoms with Crippen molar-refractivity contribution in [3.8, 4) is 0 Å². The van der Waals surface area contributed by atoms with Gasteiger partial charge in [-0.15, -0.1) is 0 Å². The van der Waals surface area contributed by atoms with Crippen LogP contribution >= 0.6 is 0 Å². The van der Waals surface area contributed by atoms with Crippen molar-refractivity contribution < 1.29 is 17.9 Å². The molecule has 1 aliphatic rings. The quantitative estimate of drug-likeness (QED) is 0.534. The van der Waals surface area contributed by atoms with Crippen molar-refractivity contribution in [2.24, 2.45) is 4.99 Å². The third kappa shape index (κ3) is 6.21. The smallest absolute Gasteiger partial charge is 0.191 e. The number of morpholine rings is 1. The van der Waals surface area contributed by atoms with Crippen LogP contribution in [0.25, 0.3) is 0 Å². The van der Waals surface area contributed by atoms with Crippen molar-refractivity contribution in [2.45, 2.75) is 12.5 Å². The summed E-state index contributed by atoms with van der Waals surface area (Å²) in [5.41, 5.74) is 1.45. The first-order chi connectivity index (χ1) is 14.6. The zero-order chi connectivity index (χ0) is 21.3. The third-order valence-electron chi connectivity index (χ3n) is 5.13. The minimum atomic E-state index is -0.586. The molecule has 0 amide bonds. The van der Waals surface area contributed by atoms with Gasteiger partial charge in [0, 0.05) is 39.3 Å². The van der Waals surface area contributed by atoms with Gasteiger partial charge in [-0.25, -0.2) is 13.2 Å². The maximum atomic E-state index is 13.8. The molecule has 162 valence electrons. The van der Waals surface area contributed by atoms with Crippen molar-refractivity contribution in [1.82, 2.24) is 15.5 Å². The molecule has 0 bridgehead atoms. The summed E-state index contributed by atoms with van der Waals surface area (Å²) in [4.78, 5) is 6.51. The normalized spacial score (nSPS) is 16.3. The van der Waals surface area contributed by atoms with Gasteiger partial charge in [0.05, 0.1) is 19.3 Å². The van der Waals surface area contributed by atoms with Crippen LogP contribution in [0.1, 0.15) is 17.2 Å². The zero-order valence-corrected chi connectivity index (χ0v) is 17.0. The molecule has 1 unspecified atom stereocenters. The Morgan fingerprint density at radius 2 is 1.73 bits per heavy atom. The standard InChI is InChI=1S/C22H27F3N4O/c1-26-22(27-9-8-16-2-7-19(24)14-20(16)25)28-15-21(29-10-12-30-13-11-29)17-3-5-18(23)6-4-17/h2-7,14,21H,8-13,15H2,1H3,(H2,26,27,28). The van der Waals surface area contributed by atoms with Gasteiger partial charge in [0.25, 0.3) is 0 Å². The highest BCUT2D eigenvalue weighted by Crippen LogP contribution is 2.21. The zero-order valence-electron chi connectivity index (χ0n) is 17.0. The molecule has 0 aliphatic carbocycles. The van der Waals surface area contributed by atoms with E-state index in [1.54, 1.807) is 19.2 Å². The lowest BCUT2D eigenvalue weighted by atomic mass is 10.0. The molecule has 1 saturated heterocycles. The monoisotopic (exact) mass is 420 g/mol. The number of hydrogen-bond donors (Lipinski definition) is 2. The second-order valence-corrected chi connectivity index (χ2v) is 7.08. The molecule has 0 saturated carbocycles. The molecular weight excluding hydrogens is 393 g/mol. The summed E-state index contributed by atoms with van der Waals surface area (Å²) >= 11 is 0. The molecule has 0 aromatic heterocycles. The molecule has 3 rings (SSSR count). The highest BCUT2D eigenvalue weighted by Gasteiger charge is 2.23. The number of rotatable bonds is 7. The summed E-state index contributed by atoms with van der Waals surface area (Å²) in [5, 5.41) is 6.45. The molecule has 1 heterocycles. The van der Waals surface area contributed by atoms with Gasteiger partial charge in [0.1, 0.15) is 17.5 Å². The van der Waals surface area contributed by atoms with Gasteiger partial charge in [0.15, 0.2) is 5.96 Å². The highest BCUT2D eigenvalue weighted by atomic mass is 19.1. The molecule has 30 heavy (non-hydrogen) atoms. The Morgan fingerprint density at radius 1 is 1.03 bits per heavy atom. The average molecular weight is 420 g/mol. The van der Waals surface area contributed by atoms with E-state index in [0.717, 1.165) is 24.7 Å². The van der Waals surface area contributed by atoms with E-state index in [4.69, 9.17) is 4.74 Å². The number of guanidine groups is 1. The fraction of sp³-hybridized carbons (Fsp3) is 0.409. The fourth-order valence-electron chi connectivity index (χ4n) is 3.49. The first-order valence-corrected chi connectivity index (χ1v) is 10.0. The van der Waals surface area contributed by atoms with Crippen molar-refractivity contribution >= 4 is 5.96 Å². The van der Waals surface area contributed by atoms with Crippen molar-refractivity contribution in [1.29, 1.82) is 0 Å². The summed E-state index contributed by atoms with van der Waals surface area (Å²) in [6.07, 6.45) is 0.400. The minimum absolute atomic E-state index is 0.0302. The lowest BCUT2D eigenvalue weighted by Gasteiger charge is -2.35. The maximum Gasteiger partial charge on any atom is 0.191 e. The molecule has 5 nitrogen and oxygen atoms in total. The number of nitrogens with zero attached hydrogens (tertiary/aromatic N) is 2. The molecule has 0 radical (unpaired) electrons. The Bertz CT molecular complexity index is 839. The SMILES string of the molecule is CN=C(NCCc1ccc(F)cc1F)NCC(c1ccc(F)cc1)N1CCOCC1. The summed E-state index contributed by atoms with van der Waals surface area (Å²) < 4.78 is 45.6. The largest absolute Gasteiger partial charge is 0.379 e. The fourth-order valence-corrected chi connectivity index (χ4v) is 3.49. The van der Waals surface area contributed by atoms with E-state index in [1.165, 1.54) is 24.3 Å². The molecular formula is C22H27F3N4O. The Labute approximate surface area is 174 Å². The summed E-state index contributed by atoms with van der Waals surface area (Å²) in [5.74, 6) is -0.823. The molecule has 0 spiro atoms. The predicted molar refractivity (Wildman–Crippen MR) is 111 cm³/mol. The van der Waals surface area contributed by atoms with Crippen LogP contribution in [0.3, 0.4) is 0 Å². The highest BCUT2D eigenvalue weighted by molar-refractivity contribution is 5.79. The van der Waals surface area contributed by atoms with Crippen LogP contribution in [0, 0.1) is 17.5 Å². The van der Waals surface area contributed by atoms with Crippen LogP contribution in [0.5, 0.6) is 0 Å². The average Bonchev–Trinajstić information content (AvgIpc) is 2.76. The van der Waals surface area contributed by atoms with Crippen molar-refractivity contribution in [2.75, 3.05) is 46.4 Å². The lowest BCUT2D eigenvalue weighted by Crippen LogP contribution is -2.46. The number of aliphatic imine (C=N–C) groups is 1. The van der Waals surface area contributed by atoms with E-state index in [1.807, 2.05) is 0 Å². The van der Waals surface area contributed by atoms with Crippen LogP contribution in [-0.2, 0) is 11.2 Å². The van der Waals surface area contributed by atoms with Crippen LogP contribution in [0.15, 0.2) is 47.5 Å². The van der Waals surface area contributed by atoms with Gasteiger partial charge in [0.2, 0.25) is 0 Å². The minimum Gasteiger partial charge on any atom is -0.379 e. The van der Waals surface area contributed by atoms with Crippen LogP contribution in [-0.4, -0.2) is 57.3 Å². The van der Waals surface area contributed by atoms with Crippen LogP contribution in [0.2, 0.25) is 0 Å². The first-order valence-electron chi connectivity index (χ1n) is 10.0. The molecule has 2 N–H and O–H groups in total. The second kappa shape index (κ2) is 11.0. The molecule has 1 fully saturated rings. The molecule has 2 aromatic rings. The van der Waals surface area contributed by atoms with E-state index in [2.05, 4.69) is 20.5 Å². The predicted octanol–water partition coefficient (Wildman–Crippen LogP) is 2.88. The van der Waals surface area contributed by atoms with Gasteiger partial charge < -0.3 is 15.4 Å². The van der Waals surface area contributed by atoms with E-state index < -0.39 is 11.6 Å². The summed E-state index contributed by atoms with van der Waals surface area (Å²) in [7, 11) is 1.66. The maximum absolute atomic E-state index is 13.8. The third-order valence-corrected chi connectivity index (χ3v) is 5.13.